The van der Waals surface area contributed by atoms with E-state index in [9.17, 15) is 4.79 Å². The molecule has 8 heteroatoms. The summed E-state index contributed by atoms with van der Waals surface area (Å²) in [4.78, 5) is 24.7. The summed E-state index contributed by atoms with van der Waals surface area (Å²) in [6.07, 6.45) is 3.93. The summed E-state index contributed by atoms with van der Waals surface area (Å²) < 4.78 is 10.6. The number of nitrogens with zero attached hydrogens (tertiary/aromatic N) is 3. The minimum absolute atomic E-state index is 0.275. The highest BCUT2D eigenvalue weighted by atomic mass is 32.2. The summed E-state index contributed by atoms with van der Waals surface area (Å²) in [5, 5.41) is 3.70. The molecule has 34 heavy (non-hydrogen) atoms. The van der Waals surface area contributed by atoms with Gasteiger partial charge in [-0.1, -0.05) is 30.0 Å². The summed E-state index contributed by atoms with van der Waals surface area (Å²) >= 11 is 1.53. The molecule has 0 unspecified atom stereocenters. The third kappa shape index (κ3) is 5.65. The van der Waals surface area contributed by atoms with E-state index in [2.05, 4.69) is 39.5 Å². The molecule has 5 rings (SSSR count). The van der Waals surface area contributed by atoms with E-state index in [-0.39, 0.29) is 11.7 Å². The Bertz CT molecular complexity index is 1240. The topological polar surface area (TPSA) is 80.5 Å². The molecule has 1 saturated heterocycles. The molecular formula is C26H24N4O3S. The number of carbonyl (C=O) groups excluding carboxylic acids is 1. The molecule has 1 fully saturated rings. The maximum absolute atomic E-state index is 12.2. The van der Waals surface area contributed by atoms with Crippen molar-refractivity contribution < 1.29 is 13.9 Å². The Hall–Kier alpha value is -3.62. The Balaban J connectivity index is 1.22. The Morgan fingerprint density at radius 3 is 2.68 bits per heavy atom. The Morgan fingerprint density at radius 1 is 1.03 bits per heavy atom. The SMILES string of the molecule is O=C(Nc1cccc(Sc2ccnc(Cc3ccc(N4CCOCC4)cc3)n2)c1)c1ccco1. The van der Waals surface area contributed by atoms with Crippen LogP contribution in [0.2, 0.25) is 0 Å². The quantitative estimate of drug-likeness (QED) is 0.383. The lowest BCUT2D eigenvalue weighted by Crippen LogP contribution is -2.36. The summed E-state index contributed by atoms with van der Waals surface area (Å²) in [7, 11) is 0. The van der Waals surface area contributed by atoms with Crippen LogP contribution in [0.15, 0.2) is 93.5 Å². The summed E-state index contributed by atoms with van der Waals surface area (Å²) in [5.41, 5.74) is 3.08. The molecule has 0 saturated carbocycles. The first-order valence-corrected chi connectivity index (χ1v) is 11.9. The number of ether oxygens (including phenoxy) is 1. The average Bonchev–Trinajstić information content (AvgIpc) is 3.41. The zero-order valence-corrected chi connectivity index (χ0v) is 19.3. The first-order valence-electron chi connectivity index (χ1n) is 11.1. The molecule has 7 nitrogen and oxygen atoms in total. The van der Waals surface area contributed by atoms with Crippen LogP contribution in [-0.2, 0) is 11.2 Å². The largest absolute Gasteiger partial charge is 0.459 e. The van der Waals surface area contributed by atoms with Crippen molar-refractivity contribution in [1.82, 2.24) is 9.97 Å². The molecule has 4 aromatic rings. The van der Waals surface area contributed by atoms with Crippen molar-refractivity contribution in [1.29, 1.82) is 0 Å². The second-order valence-electron chi connectivity index (χ2n) is 7.82. The van der Waals surface area contributed by atoms with Crippen LogP contribution in [-0.4, -0.2) is 42.2 Å². The molecule has 2 aromatic heterocycles. The van der Waals surface area contributed by atoms with Crippen molar-refractivity contribution in [2.75, 3.05) is 36.5 Å². The number of benzene rings is 2. The monoisotopic (exact) mass is 472 g/mol. The maximum atomic E-state index is 12.2. The van der Waals surface area contributed by atoms with Crippen molar-refractivity contribution in [3.05, 3.63) is 96.3 Å². The van der Waals surface area contributed by atoms with Crippen LogP contribution in [0.3, 0.4) is 0 Å². The lowest BCUT2D eigenvalue weighted by atomic mass is 10.1. The molecule has 1 aliphatic heterocycles. The molecule has 2 aromatic carbocycles. The van der Waals surface area contributed by atoms with Gasteiger partial charge in [0.15, 0.2) is 5.76 Å². The summed E-state index contributed by atoms with van der Waals surface area (Å²) in [5.74, 6) is 0.763. The van der Waals surface area contributed by atoms with Gasteiger partial charge < -0.3 is 19.4 Å². The number of furan rings is 1. The van der Waals surface area contributed by atoms with Crippen molar-refractivity contribution in [3.63, 3.8) is 0 Å². The van der Waals surface area contributed by atoms with E-state index in [1.165, 1.54) is 29.3 Å². The van der Waals surface area contributed by atoms with Crippen molar-refractivity contribution in [3.8, 4) is 0 Å². The van der Waals surface area contributed by atoms with Gasteiger partial charge in [0.2, 0.25) is 0 Å². The second-order valence-corrected chi connectivity index (χ2v) is 8.91. The van der Waals surface area contributed by atoms with E-state index < -0.39 is 0 Å². The normalized spacial score (nSPS) is 13.6. The highest BCUT2D eigenvalue weighted by Crippen LogP contribution is 2.28. The summed E-state index contributed by atoms with van der Waals surface area (Å²) in [6.45, 7) is 3.41. The van der Waals surface area contributed by atoms with Crippen LogP contribution in [0.5, 0.6) is 0 Å². The molecule has 0 aliphatic carbocycles. The molecule has 1 amide bonds. The van der Waals surface area contributed by atoms with Crippen molar-refractivity contribution >= 4 is 29.0 Å². The molecule has 0 spiro atoms. The lowest BCUT2D eigenvalue weighted by Gasteiger charge is -2.28. The number of aromatic nitrogens is 2. The van der Waals surface area contributed by atoms with Crippen LogP contribution in [0.25, 0.3) is 0 Å². The molecule has 0 radical (unpaired) electrons. The lowest BCUT2D eigenvalue weighted by molar-refractivity contribution is 0.0996. The van der Waals surface area contributed by atoms with Crippen LogP contribution in [0.4, 0.5) is 11.4 Å². The molecular weight excluding hydrogens is 448 g/mol. The van der Waals surface area contributed by atoms with E-state index in [4.69, 9.17) is 14.1 Å². The number of anilines is 2. The number of hydrogen-bond acceptors (Lipinski definition) is 7. The van der Waals surface area contributed by atoms with Crippen molar-refractivity contribution in [2.24, 2.45) is 0 Å². The molecule has 1 aliphatic rings. The van der Waals surface area contributed by atoms with E-state index in [0.29, 0.717) is 12.1 Å². The molecule has 0 atom stereocenters. The average molecular weight is 473 g/mol. The molecule has 0 bridgehead atoms. The first-order chi connectivity index (χ1) is 16.7. The van der Waals surface area contributed by atoms with Gasteiger partial charge in [-0.25, -0.2) is 9.97 Å². The first kappa shape index (κ1) is 22.2. The maximum Gasteiger partial charge on any atom is 0.291 e. The van der Waals surface area contributed by atoms with Gasteiger partial charge in [-0.15, -0.1) is 0 Å². The highest BCUT2D eigenvalue weighted by molar-refractivity contribution is 7.99. The van der Waals surface area contributed by atoms with Crippen LogP contribution < -0.4 is 10.2 Å². The Labute approximate surface area is 202 Å². The van der Waals surface area contributed by atoms with Gasteiger partial charge in [0.05, 0.1) is 19.5 Å². The van der Waals surface area contributed by atoms with Gasteiger partial charge in [-0.2, -0.15) is 0 Å². The third-order valence-corrected chi connectivity index (χ3v) is 6.34. The number of hydrogen-bond donors (Lipinski definition) is 1. The minimum Gasteiger partial charge on any atom is -0.459 e. The number of rotatable bonds is 7. The van der Waals surface area contributed by atoms with E-state index in [0.717, 1.165) is 42.0 Å². The van der Waals surface area contributed by atoms with Gasteiger partial charge in [0.1, 0.15) is 10.9 Å². The zero-order chi connectivity index (χ0) is 23.2. The molecule has 3 heterocycles. The predicted octanol–water partition coefficient (Wildman–Crippen LogP) is 4.90. The van der Waals surface area contributed by atoms with Crippen molar-refractivity contribution in [2.45, 2.75) is 16.3 Å². The number of nitrogens with one attached hydrogen (secondary N) is 1. The molecule has 172 valence electrons. The summed E-state index contributed by atoms with van der Waals surface area (Å²) in [6, 6.07) is 21.4. The van der Waals surface area contributed by atoms with Gasteiger partial charge in [-0.05, 0) is 54.1 Å². The molecule has 1 N–H and O–H groups in total. The second kappa shape index (κ2) is 10.5. The fourth-order valence-corrected chi connectivity index (χ4v) is 4.56. The van der Waals surface area contributed by atoms with Gasteiger partial charge >= 0.3 is 0 Å². The highest BCUT2D eigenvalue weighted by Gasteiger charge is 2.12. The smallest absolute Gasteiger partial charge is 0.291 e. The fraction of sp³-hybridized carbons (Fsp3) is 0.192. The zero-order valence-electron chi connectivity index (χ0n) is 18.5. The van der Waals surface area contributed by atoms with E-state index >= 15 is 0 Å². The fourth-order valence-electron chi connectivity index (χ4n) is 3.71. The van der Waals surface area contributed by atoms with E-state index in [1.54, 1.807) is 18.3 Å². The number of carbonyl (C=O) groups is 1. The predicted molar refractivity (Wildman–Crippen MR) is 132 cm³/mol. The minimum atomic E-state index is -0.281. The third-order valence-electron chi connectivity index (χ3n) is 5.41. The van der Waals surface area contributed by atoms with Crippen LogP contribution in [0.1, 0.15) is 21.9 Å². The standard InChI is InChI=1S/C26H24N4O3S/c31-26(23-5-2-14-33-23)28-20-3-1-4-22(18-20)34-25-10-11-27-24(29-25)17-19-6-8-21(9-7-19)30-12-15-32-16-13-30/h1-11,14,18H,12-13,15-17H2,(H,28,31). The van der Waals surface area contributed by atoms with Gasteiger partial charge in [0, 0.05) is 42.0 Å². The van der Waals surface area contributed by atoms with Gasteiger partial charge in [-0.3, -0.25) is 4.79 Å². The number of morpholine rings is 1. The number of amides is 1. The Morgan fingerprint density at radius 2 is 1.88 bits per heavy atom. The van der Waals surface area contributed by atoms with Crippen LogP contribution in [0, 0.1) is 0 Å². The van der Waals surface area contributed by atoms with Gasteiger partial charge in [0.25, 0.3) is 5.91 Å². The van der Waals surface area contributed by atoms with E-state index in [1.807, 2.05) is 30.3 Å². The Kier molecular flexibility index (Phi) is 6.88. The van der Waals surface area contributed by atoms with Crippen LogP contribution >= 0.6 is 11.8 Å².